The van der Waals surface area contributed by atoms with Crippen molar-refractivity contribution in [1.29, 1.82) is 0 Å². The molecule has 0 saturated carbocycles. The summed E-state index contributed by atoms with van der Waals surface area (Å²) < 4.78 is 32.5. The number of hydrogen-bond donors (Lipinski definition) is 3. The third-order valence-electron chi connectivity index (χ3n) is 4.64. The first kappa shape index (κ1) is 19.9. The van der Waals surface area contributed by atoms with Crippen LogP contribution in [0.2, 0.25) is 0 Å². The summed E-state index contributed by atoms with van der Waals surface area (Å²) in [7, 11) is -3.02. The summed E-state index contributed by atoms with van der Waals surface area (Å²) in [5.74, 6) is 1.72. The van der Waals surface area contributed by atoms with Crippen molar-refractivity contribution in [3.05, 3.63) is 72.8 Å². The van der Waals surface area contributed by atoms with E-state index >= 15 is 0 Å². The lowest BCUT2D eigenvalue weighted by atomic mass is 10.2. The van der Waals surface area contributed by atoms with E-state index in [4.69, 9.17) is 9.47 Å². The van der Waals surface area contributed by atoms with Gasteiger partial charge in [0.05, 0.1) is 22.0 Å². The Labute approximate surface area is 176 Å². The molecular formula is C22H23N3O4S. The van der Waals surface area contributed by atoms with Gasteiger partial charge in [-0.1, -0.05) is 36.4 Å². The predicted octanol–water partition coefficient (Wildman–Crippen LogP) is 3.78. The summed E-state index contributed by atoms with van der Waals surface area (Å²) in [6, 6.07) is 22.8. The highest BCUT2D eigenvalue weighted by Gasteiger charge is 2.24. The zero-order chi connectivity index (χ0) is 20.8. The van der Waals surface area contributed by atoms with E-state index in [0.29, 0.717) is 17.4 Å². The highest BCUT2D eigenvalue weighted by Crippen LogP contribution is 2.30. The molecule has 3 heterocycles. The number of hydrogen-bond acceptors (Lipinski definition) is 7. The monoisotopic (exact) mass is 425 g/mol. The van der Waals surface area contributed by atoms with E-state index in [1.807, 2.05) is 42.5 Å². The minimum atomic E-state index is -3.02. The van der Waals surface area contributed by atoms with E-state index in [0.717, 1.165) is 24.6 Å². The standard InChI is InChI=1S/C8H10N2.C7H7NO2S.C7H6O2/c1-2-4-8-7(3-1)9-5-6-10-8;9-11(10)5-8-6-3-1-2-4-7(6)11;1-2-4-7-6(3-1)8-5-9-7/h1-4,9-10H,5-6H2;1-4,8H,5H2;1-4H,5H2. The molecule has 0 aromatic heterocycles. The second kappa shape index (κ2) is 8.96. The van der Waals surface area contributed by atoms with Gasteiger partial charge >= 0.3 is 0 Å². The van der Waals surface area contributed by atoms with Gasteiger partial charge in [-0.2, -0.15) is 0 Å². The first-order valence-electron chi connectivity index (χ1n) is 9.60. The van der Waals surface area contributed by atoms with Crippen LogP contribution in [0.15, 0.2) is 77.7 Å². The van der Waals surface area contributed by atoms with Crippen LogP contribution in [0.1, 0.15) is 0 Å². The minimum absolute atomic E-state index is 0.0341. The molecule has 3 N–H and O–H groups in total. The number of benzene rings is 3. The lowest BCUT2D eigenvalue weighted by Gasteiger charge is -2.18. The molecule has 156 valence electrons. The van der Waals surface area contributed by atoms with Crippen LogP contribution in [0.3, 0.4) is 0 Å². The minimum Gasteiger partial charge on any atom is -0.454 e. The average Bonchev–Trinajstić information content (AvgIpc) is 3.39. The van der Waals surface area contributed by atoms with Gasteiger partial charge in [0, 0.05) is 13.1 Å². The van der Waals surface area contributed by atoms with Crippen LogP contribution in [-0.2, 0) is 9.84 Å². The van der Waals surface area contributed by atoms with Gasteiger partial charge in [0.2, 0.25) is 6.79 Å². The topological polar surface area (TPSA) is 88.7 Å². The molecule has 0 unspecified atom stereocenters. The van der Waals surface area contributed by atoms with Crippen LogP contribution in [0.5, 0.6) is 11.5 Å². The molecule has 0 amide bonds. The zero-order valence-corrected chi connectivity index (χ0v) is 17.1. The Bertz CT molecular complexity index is 1070. The van der Waals surface area contributed by atoms with Crippen molar-refractivity contribution < 1.29 is 17.9 Å². The predicted molar refractivity (Wildman–Crippen MR) is 118 cm³/mol. The summed E-state index contributed by atoms with van der Waals surface area (Å²) in [5, 5.41) is 9.40. The van der Waals surface area contributed by atoms with E-state index in [2.05, 4.69) is 28.1 Å². The van der Waals surface area contributed by atoms with Crippen molar-refractivity contribution in [3.63, 3.8) is 0 Å². The summed E-state index contributed by atoms with van der Waals surface area (Å²) in [6.45, 7) is 2.41. The van der Waals surface area contributed by atoms with Crippen LogP contribution in [-0.4, -0.2) is 34.2 Å². The molecule has 3 aliphatic heterocycles. The average molecular weight is 426 g/mol. The van der Waals surface area contributed by atoms with Crippen molar-refractivity contribution >= 4 is 26.9 Å². The van der Waals surface area contributed by atoms with Crippen LogP contribution >= 0.6 is 0 Å². The highest BCUT2D eigenvalue weighted by molar-refractivity contribution is 7.92. The summed E-state index contributed by atoms with van der Waals surface area (Å²) in [4.78, 5) is 0.417. The van der Waals surface area contributed by atoms with Gasteiger partial charge < -0.3 is 25.4 Å². The fourth-order valence-electron chi connectivity index (χ4n) is 3.17. The van der Waals surface area contributed by atoms with Crippen molar-refractivity contribution in [3.8, 4) is 11.5 Å². The Balaban J connectivity index is 0.000000109. The third kappa shape index (κ3) is 4.60. The van der Waals surface area contributed by atoms with Crippen LogP contribution in [0.25, 0.3) is 0 Å². The largest absolute Gasteiger partial charge is 0.454 e. The number of para-hydroxylation sites is 5. The quantitative estimate of drug-likeness (QED) is 0.505. The molecule has 0 atom stereocenters. The molecule has 0 spiro atoms. The number of nitrogens with one attached hydrogen (secondary N) is 3. The number of anilines is 3. The molecule has 0 aliphatic carbocycles. The van der Waals surface area contributed by atoms with Crippen molar-refractivity contribution in [2.45, 2.75) is 4.90 Å². The van der Waals surface area contributed by atoms with Crippen LogP contribution < -0.4 is 25.4 Å². The third-order valence-corrected chi connectivity index (χ3v) is 6.19. The Morgan fingerprint density at radius 1 is 0.633 bits per heavy atom. The van der Waals surface area contributed by atoms with Gasteiger partial charge in [0.1, 0.15) is 5.88 Å². The normalized spacial score (nSPS) is 16.0. The molecule has 7 nitrogen and oxygen atoms in total. The fourth-order valence-corrected chi connectivity index (χ4v) is 4.43. The highest BCUT2D eigenvalue weighted by atomic mass is 32.2. The SMILES string of the molecule is O=S1(=O)CNc2ccccc21.c1ccc2c(c1)NCCN2.c1ccc2c(c1)OCO2. The summed E-state index contributed by atoms with van der Waals surface area (Å²) >= 11 is 0. The maximum Gasteiger partial charge on any atom is 0.231 e. The smallest absolute Gasteiger partial charge is 0.231 e. The van der Waals surface area contributed by atoms with Gasteiger partial charge in [-0.3, -0.25) is 0 Å². The molecule has 0 bridgehead atoms. The molecule has 3 aliphatic rings. The van der Waals surface area contributed by atoms with Crippen LogP contribution in [0, 0.1) is 0 Å². The summed E-state index contributed by atoms with van der Waals surface area (Å²) in [5.41, 5.74) is 3.15. The Kier molecular flexibility index (Phi) is 5.94. The molecule has 3 aromatic carbocycles. The van der Waals surface area contributed by atoms with E-state index in [-0.39, 0.29) is 5.88 Å². The number of ether oxygens (including phenoxy) is 2. The molecule has 6 rings (SSSR count). The molecule has 30 heavy (non-hydrogen) atoms. The molecule has 3 aromatic rings. The number of rotatable bonds is 0. The van der Waals surface area contributed by atoms with Crippen molar-refractivity contribution in [2.75, 3.05) is 41.7 Å². The van der Waals surface area contributed by atoms with Crippen LogP contribution in [0.4, 0.5) is 17.1 Å². The second-order valence-electron chi connectivity index (χ2n) is 6.68. The maximum absolute atomic E-state index is 11.2. The second-order valence-corrected chi connectivity index (χ2v) is 8.64. The first-order chi connectivity index (χ1) is 14.6. The Morgan fingerprint density at radius 3 is 1.70 bits per heavy atom. The lowest BCUT2D eigenvalue weighted by molar-refractivity contribution is 0.174. The Morgan fingerprint density at radius 2 is 1.13 bits per heavy atom. The molecule has 0 fully saturated rings. The van der Waals surface area contributed by atoms with Gasteiger partial charge in [0.15, 0.2) is 21.3 Å². The van der Waals surface area contributed by atoms with E-state index in [1.165, 1.54) is 11.4 Å². The molecule has 0 saturated heterocycles. The van der Waals surface area contributed by atoms with Gasteiger partial charge in [0.25, 0.3) is 0 Å². The maximum atomic E-state index is 11.2. The number of sulfone groups is 1. The van der Waals surface area contributed by atoms with E-state index in [1.54, 1.807) is 18.2 Å². The lowest BCUT2D eigenvalue weighted by Crippen LogP contribution is -2.19. The van der Waals surface area contributed by atoms with Gasteiger partial charge in [-0.05, 0) is 36.4 Å². The molecular weight excluding hydrogens is 402 g/mol. The van der Waals surface area contributed by atoms with E-state index < -0.39 is 9.84 Å². The van der Waals surface area contributed by atoms with Gasteiger partial charge in [-0.25, -0.2) is 8.42 Å². The van der Waals surface area contributed by atoms with Crippen molar-refractivity contribution in [1.82, 2.24) is 0 Å². The number of fused-ring (bicyclic) bond motifs is 3. The van der Waals surface area contributed by atoms with Gasteiger partial charge in [-0.15, -0.1) is 0 Å². The molecule has 0 radical (unpaired) electrons. The Hall–Kier alpha value is -3.39. The molecule has 8 heteroatoms. The fraction of sp³-hybridized carbons (Fsp3) is 0.182. The summed E-state index contributed by atoms with van der Waals surface area (Å²) in [6.07, 6.45) is 0. The first-order valence-corrected chi connectivity index (χ1v) is 11.3. The van der Waals surface area contributed by atoms with Crippen molar-refractivity contribution in [2.24, 2.45) is 0 Å². The van der Waals surface area contributed by atoms with E-state index in [9.17, 15) is 8.42 Å². The zero-order valence-electron chi connectivity index (χ0n) is 16.3.